The van der Waals surface area contributed by atoms with Crippen molar-refractivity contribution < 1.29 is 0 Å². The van der Waals surface area contributed by atoms with E-state index in [9.17, 15) is 0 Å². The molecule has 0 saturated carbocycles. The van der Waals surface area contributed by atoms with Crippen LogP contribution in [0.15, 0.2) is 261 Å². The van der Waals surface area contributed by atoms with E-state index in [0.29, 0.717) is 0 Å². The van der Waals surface area contributed by atoms with Crippen LogP contribution in [0.5, 0.6) is 0 Å². The molecule has 0 atom stereocenters. The topological polar surface area (TPSA) is 3.24 Å². The van der Waals surface area contributed by atoms with Crippen LogP contribution in [0.3, 0.4) is 0 Å². The smallest absolute Gasteiger partial charge is 0.0540 e. The number of hydrogen-bond acceptors (Lipinski definition) is 1. The quantitative estimate of drug-likeness (QED) is 0.141. The van der Waals surface area contributed by atoms with Gasteiger partial charge >= 0.3 is 0 Å². The first-order chi connectivity index (χ1) is 31.2. The molecule has 0 amide bonds. The van der Waals surface area contributed by atoms with Gasteiger partial charge in [-0.1, -0.05) is 218 Å². The Kier molecular flexibility index (Phi) is 9.97. The van der Waals surface area contributed by atoms with E-state index in [1.165, 1.54) is 82.7 Å². The highest BCUT2D eigenvalue weighted by Crippen LogP contribution is 2.47. The molecule has 1 heteroatoms. The number of anilines is 3. The predicted molar refractivity (Wildman–Crippen MR) is 269 cm³/mol. The maximum Gasteiger partial charge on any atom is 0.0540 e. The lowest BCUT2D eigenvalue weighted by Gasteiger charge is -2.29. The van der Waals surface area contributed by atoms with Crippen molar-refractivity contribution in [3.8, 4) is 66.8 Å². The minimum absolute atomic E-state index is 1.08. The molecule has 296 valence electrons. The maximum absolute atomic E-state index is 2.43. The number of nitrogens with zero attached hydrogens (tertiary/aromatic N) is 1. The third kappa shape index (κ3) is 7.37. The summed E-state index contributed by atoms with van der Waals surface area (Å²) in [6.07, 6.45) is 0. The molecule has 0 aliphatic rings. The summed E-state index contributed by atoms with van der Waals surface area (Å²) in [4.78, 5) is 2.43. The first kappa shape index (κ1) is 37.7. The summed E-state index contributed by atoms with van der Waals surface area (Å²) >= 11 is 0. The highest BCUT2D eigenvalue weighted by atomic mass is 15.1. The zero-order chi connectivity index (χ0) is 42.0. The van der Waals surface area contributed by atoms with Gasteiger partial charge in [0.05, 0.1) is 5.69 Å². The number of fused-ring (bicyclic) bond motifs is 2. The van der Waals surface area contributed by atoms with Gasteiger partial charge in [0.15, 0.2) is 0 Å². The van der Waals surface area contributed by atoms with Crippen molar-refractivity contribution in [3.05, 3.63) is 261 Å². The first-order valence-electron chi connectivity index (χ1n) is 21.7. The average molecular weight is 802 g/mol. The predicted octanol–water partition coefficient (Wildman–Crippen LogP) is 17.5. The number of para-hydroxylation sites is 1. The molecule has 0 spiro atoms. The van der Waals surface area contributed by atoms with E-state index >= 15 is 0 Å². The molecule has 0 fully saturated rings. The van der Waals surface area contributed by atoms with Crippen molar-refractivity contribution in [1.29, 1.82) is 0 Å². The number of rotatable bonds is 9. The second-order valence-corrected chi connectivity index (χ2v) is 16.1. The monoisotopic (exact) mass is 801 g/mol. The molecule has 0 N–H and O–H groups in total. The van der Waals surface area contributed by atoms with Gasteiger partial charge in [-0.2, -0.15) is 0 Å². The third-order valence-corrected chi connectivity index (χ3v) is 12.3. The van der Waals surface area contributed by atoms with E-state index in [-0.39, 0.29) is 0 Å². The molecule has 11 aromatic rings. The molecule has 0 unspecified atom stereocenters. The fraction of sp³-hybridized carbons (Fsp3) is 0. The van der Waals surface area contributed by atoms with Gasteiger partial charge in [0.1, 0.15) is 0 Å². The third-order valence-electron chi connectivity index (χ3n) is 12.3. The minimum atomic E-state index is 1.08. The van der Waals surface area contributed by atoms with E-state index in [1.54, 1.807) is 0 Å². The molecule has 0 aliphatic carbocycles. The van der Waals surface area contributed by atoms with Crippen LogP contribution >= 0.6 is 0 Å². The van der Waals surface area contributed by atoms with Gasteiger partial charge in [-0.3, -0.25) is 0 Å². The molecule has 1 nitrogen and oxygen atoms in total. The van der Waals surface area contributed by atoms with E-state index < -0.39 is 0 Å². The molecule has 0 heterocycles. The molecule has 11 aromatic carbocycles. The van der Waals surface area contributed by atoms with Gasteiger partial charge in [0.25, 0.3) is 0 Å². The van der Waals surface area contributed by atoms with Crippen molar-refractivity contribution in [2.75, 3.05) is 4.90 Å². The van der Waals surface area contributed by atoms with E-state index in [2.05, 4.69) is 266 Å². The van der Waals surface area contributed by atoms with Crippen LogP contribution < -0.4 is 4.90 Å². The molecule has 0 bridgehead atoms. The van der Waals surface area contributed by atoms with Crippen LogP contribution in [0, 0.1) is 0 Å². The molecule has 0 radical (unpaired) electrons. The van der Waals surface area contributed by atoms with E-state index in [0.717, 1.165) is 22.6 Å². The Labute approximate surface area is 369 Å². The van der Waals surface area contributed by atoms with Crippen LogP contribution in [0.25, 0.3) is 88.3 Å². The summed E-state index contributed by atoms with van der Waals surface area (Å²) in [5.74, 6) is 0. The lowest BCUT2D eigenvalue weighted by molar-refractivity contribution is 1.28. The molecular formula is C62H43N. The largest absolute Gasteiger partial charge is 0.310 e. The van der Waals surface area contributed by atoms with E-state index in [4.69, 9.17) is 0 Å². The lowest BCUT2D eigenvalue weighted by Crippen LogP contribution is -2.11. The Hall–Kier alpha value is -8.26. The fourth-order valence-electron chi connectivity index (χ4n) is 9.18. The molecule has 11 rings (SSSR count). The first-order valence-corrected chi connectivity index (χ1v) is 21.7. The number of benzene rings is 11. The maximum atomic E-state index is 2.43. The van der Waals surface area contributed by atoms with Crippen molar-refractivity contribution >= 4 is 38.6 Å². The summed E-state index contributed by atoms with van der Waals surface area (Å²) in [5, 5.41) is 4.96. The van der Waals surface area contributed by atoms with Crippen LogP contribution in [-0.4, -0.2) is 0 Å². The normalized spacial score (nSPS) is 11.2. The standard InChI is InChI=1S/C62H43N/c1-3-17-44(18-4-1)51-37-40-59(61(43-51)48-20-5-2-6-21-48)57-28-11-12-29-58(57)60-30-13-14-32-62(60)63(53-38-35-46(36-39-53)50-34-33-45-19-7-8-23-49(45)41-50)54-26-15-25-52(42-54)56-31-16-24-47-22-9-10-27-55(47)56/h1-43H. The minimum Gasteiger partial charge on any atom is -0.310 e. The summed E-state index contributed by atoms with van der Waals surface area (Å²) in [5.41, 5.74) is 17.5. The van der Waals surface area contributed by atoms with Gasteiger partial charge < -0.3 is 4.90 Å². The summed E-state index contributed by atoms with van der Waals surface area (Å²) < 4.78 is 0. The molecule has 0 aromatic heterocycles. The average Bonchev–Trinajstić information content (AvgIpc) is 3.37. The molecule has 0 saturated heterocycles. The van der Waals surface area contributed by atoms with Gasteiger partial charge in [-0.05, 0) is 125 Å². The molecule has 0 aliphatic heterocycles. The van der Waals surface area contributed by atoms with Gasteiger partial charge in [-0.25, -0.2) is 0 Å². The zero-order valence-electron chi connectivity index (χ0n) is 34.8. The Morgan fingerprint density at radius 1 is 0.206 bits per heavy atom. The van der Waals surface area contributed by atoms with Crippen molar-refractivity contribution in [2.45, 2.75) is 0 Å². The van der Waals surface area contributed by atoms with Crippen molar-refractivity contribution in [1.82, 2.24) is 0 Å². The Balaban J connectivity index is 1.09. The van der Waals surface area contributed by atoms with Crippen LogP contribution in [-0.2, 0) is 0 Å². The highest BCUT2D eigenvalue weighted by molar-refractivity contribution is 6.00. The van der Waals surface area contributed by atoms with Crippen LogP contribution in [0.4, 0.5) is 17.1 Å². The zero-order valence-corrected chi connectivity index (χ0v) is 34.8. The van der Waals surface area contributed by atoms with Crippen LogP contribution in [0.1, 0.15) is 0 Å². The second-order valence-electron chi connectivity index (χ2n) is 16.1. The second kappa shape index (κ2) is 16.7. The van der Waals surface area contributed by atoms with Gasteiger partial charge in [-0.15, -0.1) is 0 Å². The fourth-order valence-corrected chi connectivity index (χ4v) is 9.18. The molecular weight excluding hydrogens is 759 g/mol. The van der Waals surface area contributed by atoms with Gasteiger partial charge in [0.2, 0.25) is 0 Å². The molecule has 63 heavy (non-hydrogen) atoms. The highest BCUT2D eigenvalue weighted by Gasteiger charge is 2.21. The van der Waals surface area contributed by atoms with Crippen molar-refractivity contribution in [2.24, 2.45) is 0 Å². The Morgan fingerprint density at radius 3 is 1.51 bits per heavy atom. The van der Waals surface area contributed by atoms with Crippen molar-refractivity contribution in [3.63, 3.8) is 0 Å². The summed E-state index contributed by atoms with van der Waals surface area (Å²) in [6.45, 7) is 0. The van der Waals surface area contributed by atoms with Crippen LogP contribution in [0.2, 0.25) is 0 Å². The summed E-state index contributed by atoms with van der Waals surface area (Å²) in [6, 6.07) is 94.8. The lowest BCUT2D eigenvalue weighted by atomic mass is 9.87. The Bertz CT molecular complexity index is 3380. The van der Waals surface area contributed by atoms with Gasteiger partial charge in [0, 0.05) is 16.9 Å². The summed E-state index contributed by atoms with van der Waals surface area (Å²) in [7, 11) is 0. The SMILES string of the molecule is c1ccc(-c2ccc(-c3ccccc3-c3ccccc3N(c3ccc(-c4ccc5ccccc5c4)cc3)c3cccc(-c4cccc5ccccc45)c3)c(-c3ccccc3)c2)cc1. The number of hydrogen-bond donors (Lipinski definition) is 0. The van der Waals surface area contributed by atoms with E-state index in [1.807, 2.05) is 0 Å². The Morgan fingerprint density at radius 2 is 0.714 bits per heavy atom.